The molecule has 7 heteroatoms. The van der Waals surface area contributed by atoms with Crippen LogP contribution in [0.15, 0.2) is 46.9 Å². The summed E-state index contributed by atoms with van der Waals surface area (Å²) in [5, 5.41) is 0.668. The summed E-state index contributed by atoms with van der Waals surface area (Å²) in [5.41, 5.74) is 1.64. The summed E-state index contributed by atoms with van der Waals surface area (Å²) >= 11 is 1.30. The minimum atomic E-state index is -0.348. The first-order valence-corrected chi connectivity index (χ1v) is 9.74. The van der Waals surface area contributed by atoms with Crippen molar-refractivity contribution in [1.82, 2.24) is 9.88 Å². The molecule has 0 spiro atoms. The molecule has 0 bridgehead atoms. The van der Waals surface area contributed by atoms with Gasteiger partial charge in [-0.2, -0.15) is 0 Å². The van der Waals surface area contributed by atoms with E-state index in [0.717, 1.165) is 11.3 Å². The van der Waals surface area contributed by atoms with Crippen molar-refractivity contribution in [3.05, 3.63) is 64.4 Å². The van der Waals surface area contributed by atoms with Crippen LogP contribution in [0.25, 0.3) is 10.8 Å². The number of hydrogen-bond donors (Lipinski definition) is 0. The number of carbonyl (C=O) groups is 2. The molecule has 1 aromatic carbocycles. The summed E-state index contributed by atoms with van der Waals surface area (Å²) in [4.78, 5) is 31.5. The van der Waals surface area contributed by atoms with Crippen LogP contribution in [0.5, 0.6) is 0 Å². The lowest BCUT2D eigenvalue weighted by Crippen LogP contribution is -2.32. The quantitative estimate of drug-likeness (QED) is 0.557. The predicted octanol–water partition coefficient (Wildman–Crippen LogP) is 4.23. The Hall–Kier alpha value is -2.93. The van der Waals surface area contributed by atoms with Crippen molar-refractivity contribution in [1.29, 1.82) is 0 Å². The average Bonchev–Trinajstić information content (AvgIpc) is 3.30. The maximum absolute atomic E-state index is 13.2. The second kappa shape index (κ2) is 8.84. The molecular weight excluding hydrogens is 376 g/mol. The third-order valence-corrected chi connectivity index (χ3v) is 5.42. The highest BCUT2D eigenvalue weighted by atomic mass is 32.1. The number of nitrogens with zero attached hydrogens (tertiary/aromatic N) is 2. The van der Waals surface area contributed by atoms with Crippen molar-refractivity contribution >= 4 is 23.2 Å². The Morgan fingerprint density at radius 2 is 1.89 bits per heavy atom. The number of benzene rings is 1. The van der Waals surface area contributed by atoms with Crippen LogP contribution >= 0.6 is 11.3 Å². The number of carbonyl (C=O) groups excluding carboxylic acids is 2. The molecule has 3 rings (SSSR count). The van der Waals surface area contributed by atoms with Gasteiger partial charge in [0.1, 0.15) is 10.6 Å². The van der Waals surface area contributed by atoms with Gasteiger partial charge in [0.15, 0.2) is 10.8 Å². The zero-order valence-electron chi connectivity index (χ0n) is 16.1. The van der Waals surface area contributed by atoms with Gasteiger partial charge in [-0.3, -0.25) is 9.59 Å². The van der Waals surface area contributed by atoms with Crippen LogP contribution < -0.4 is 0 Å². The van der Waals surface area contributed by atoms with Crippen LogP contribution in [-0.4, -0.2) is 35.4 Å². The molecule has 0 aliphatic rings. The monoisotopic (exact) mass is 398 g/mol. The summed E-state index contributed by atoms with van der Waals surface area (Å²) < 4.78 is 10.4. The van der Waals surface area contributed by atoms with Crippen molar-refractivity contribution in [2.45, 2.75) is 26.8 Å². The molecule has 6 nitrogen and oxygen atoms in total. The number of hydrogen-bond acceptors (Lipinski definition) is 6. The van der Waals surface area contributed by atoms with E-state index in [4.69, 9.17) is 9.15 Å². The van der Waals surface area contributed by atoms with E-state index < -0.39 is 0 Å². The zero-order valence-corrected chi connectivity index (χ0v) is 16.9. The maximum Gasteiger partial charge on any atom is 0.307 e. The molecule has 146 valence electrons. The smallest absolute Gasteiger partial charge is 0.307 e. The van der Waals surface area contributed by atoms with E-state index >= 15 is 0 Å². The highest BCUT2D eigenvalue weighted by Crippen LogP contribution is 2.30. The van der Waals surface area contributed by atoms with Crippen LogP contribution in [0.2, 0.25) is 0 Å². The molecule has 0 unspecified atom stereocenters. The van der Waals surface area contributed by atoms with E-state index in [1.54, 1.807) is 4.90 Å². The third kappa shape index (κ3) is 4.67. The lowest BCUT2D eigenvalue weighted by molar-refractivity contribution is -0.140. The van der Waals surface area contributed by atoms with Crippen LogP contribution in [0, 0.1) is 13.8 Å². The van der Waals surface area contributed by atoms with Gasteiger partial charge in [0.05, 0.1) is 19.2 Å². The van der Waals surface area contributed by atoms with E-state index in [0.29, 0.717) is 27.9 Å². The number of amides is 1. The van der Waals surface area contributed by atoms with Gasteiger partial charge in [-0.15, -0.1) is 11.3 Å². The fourth-order valence-electron chi connectivity index (χ4n) is 2.78. The molecule has 0 aliphatic heterocycles. The molecule has 0 aliphatic carbocycles. The molecule has 0 atom stereocenters. The number of furan rings is 1. The van der Waals surface area contributed by atoms with Gasteiger partial charge in [-0.25, -0.2) is 4.98 Å². The number of ether oxygens (including phenoxy) is 1. The first kappa shape index (κ1) is 19.8. The number of aromatic nitrogens is 1. The van der Waals surface area contributed by atoms with E-state index in [9.17, 15) is 9.59 Å². The highest BCUT2D eigenvalue weighted by Gasteiger charge is 2.23. The van der Waals surface area contributed by atoms with Gasteiger partial charge in [0.2, 0.25) is 0 Å². The molecule has 1 amide bonds. The Bertz CT molecular complexity index is 962. The molecule has 0 N–H and O–H groups in total. The van der Waals surface area contributed by atoms with Crippen LogP contribution in [-0.2, 0) is 16.1 Å². The number of methoxy groups -OCH3 is 1. The fraction of sp³-hybridized carbons (Fsp3) is 0.286. The summed E-state index contributed by atoms with van der Waals surface area (Å²) in [7, 11) is 1.34. The predicted molar refractivity (Wildman–Crippen MR) is 107 cm³/mol. The normalized spacial score (nSPS) is 10.7. The molecule has 3 aromatic rings. The third-order valence-electron chi connectivity index (χ3n) is 4.26. The summed E-state index contributed by atoms with van der Waals surface area (Å²) in [6, 6.07) is 13.4. The molecule has 2 heterocycles. The first-order chi connectivity index (χ1) is 13.5. The number of rotatable bonds is 7. The average molecular weight is 398 g/mol. The van der Waals surface area contributed by atoms with Gasteiger partial charge < -0.3 is 14.1 Å². The Kier molecular flexibility index (Phi) is 6.26. The van der Waals surface area contributed by atoms with Crippen LogP contribution in [0.3, 0.4) is 0 Å². The molecule has 2 aromatic heterocycles. The summed E-state index contributed by atoms with van der Waals surface area (Å²) in [6.07, 6.45) is 0.136. The number of aryl methyl sites for hydroxylation is 2. The van der Waals surface area contributed by atoms with Gasteiger partial charge in [0.25, 0.3) is 5.91 Å². The lowest BCUT2D eigenvalue weighted by atomic mass is 10.2. The van der Waals surface area contributed by atoms with Crippen LogP contribution in [0.1, 0.15) is 33.1 Å². The zero-order chi connectivity index (χ0) is 20.1. The maximum atomic E-state index is 13.2. The minimum absolute atomic E-state index is 0.136. The van der Waals surface area contributed by atoms with E-state index in [-0.39, 0.29) is 24.8 Å². The lowest BCUT2D eigenvalue weighted by Gasteiger charge is -2.22. The largest absolute Gasteiger partial charge is 0.469 e. The Labute approximate surface area is 167 Å². The molecular formula is C21H22N2O4S. The van der Waals surface area contributed by atoms with Gasteiger partial charge in [0, 0.05) is 13.1 Å². The van der Waals surface area contributed by atoms with E-state index in [1.807, 2.05) is 56.3 Å². The number of esters is 1. The first-order valence-electron chi connectivity index (χ1n) is 8.92. The molecule has 0 radical (unpaired) electrons. The molecule has 0 saturated heterocycles. The highest BCUT2D eigenvalue weighted by molar-refractivity contribution is 7.17. The molecule has 28 heavy (non-hydrogen) atoms. The SMILES string of the molecule is COC(=O)CCN(Cc1ccccc1)C(=O)c1sc(-c2ccc(C)o2)nc1C. The molecule has 0 fully saturated rings. The fourth-order valence-corrected chi connectivity index (χ4v) is 3.77. The van der Waals surface area contributed by atoms with Crippen molar-refractivity contribution < 1.29 is 18.7 Å². The van der Waals surface area contributed by atoms with Crippen molar-refractivity contribution in [2.24, 2.45) is 0 Å². The topological polar surface area (TPSA) is 72.6 Å². The van der Waals surface area contributed by atoms with Crippen molar-refractivity contribution in [3.8, 4) is 10.8 Å². The summed E-state index contributed by atoms with van der Waals surface area (Å²) in [6.45, 7) is 4.35. The number of thiazole rings is 1. The minimum Gasteiger partial charge on any atom is -0.469 e. The van der Waals surface area contributed by atoms with Gasteiger partial charge >= 0.3 is 5.97 Å². The second-order valence-corrected chi connectivity index (χ2v) is 7.38. The standard InChI is InChI=1S/C21H22N2O4S/c1-14-9-10-17(27-14)20-22-15(2)19(28-20)21(25)23(12-11-18(24)26-3)13-16-7-5-4-6-8-16/h4-10H,11-13H2,1-3H3. The van der Waals surface area contributed by atoms with E-state index in [1.165, 1.54) is 18.4 Å². The second-order valence-electron chi connectivity index (χ2n) is 6.38. The van der Waals surface area contributed by atoms with E-state index in [2.05, 4.69) is 4.98 Å². The van der Waals surface area contributed by atoms with Crippen LogP contribution in [0.4, 0.5) is 0 Å². The Balaban J connectivity index is 1.85. The molecule has 0 saturated carbocycles. The van der Waals surface area contributed by atoms with Gasteiger partial charge in [-0.1, -0.05) is 30.3 Å². The Morgan fingerprint density at radius 1 is 1.14 bits per heavy atom. The van der Waals surface area contributed by atoms with Crippen molar-refractivity contribution in [2.75, 3.05) is 13.7 Å². The van der Waals surface area contributed by atoms with Gasteiger partial charge in [-0.05, 0) is 31.5 Å². The Morgan fingerprint density at radius 3 is 2.54 bits per heavy atom. The summed E-state index contributed by atoms with van der Waals surface area (Å²) in [5.74, 6) is 0.934. The van der Waals surface area contributed by atoms with Crippen molar-refractivity contribution in [3.63, 3.8) is 0 Å².